The number of non-ortho nitro benzene ring substituents is 1. The van der Waals surface area contributed by atoms with Crippen LogP contribution in [0.3, 0.4) is 0 Å². The van der Waals surface area contributed by atoms with Crippen molar-refractivity contribution >= 4 is 46.2 Å². The maximum atomic E-state index is 12.6. The zero-order valence-corrected chi connectivity index (χ0v) is 19.3. The standard InChI is InChI=1S/C26H18ClN3O6/c27-19-8-5-18(6-9-19)26(32)36-24-14-7-17-3-1-2-4-22(17)23(24)15-28-29-25(31)16-35-21-12-10-20(11-13-21)30(33)34/h1-15H,16H2,(H,29,31)/b28-15-. The van der Waals surface area contributed by atoms with E-state index < -0.39 is 16.8 Å². The molecule has 4 rings (SSSR count). The lowest BCUT2D eigenvalue weighted by atomic mass is 10.0. The van der Waals surface area contributed by atoms with Crippen LogP contribution >= 0.6 is 11.6 Å². The van der Waals surface area contributed by atoms with Gasteiger partial charge >= 0.3 is 5.97 Å². The van der Waals surface area contributed by atoms with Crippen molar-refractivity contribution in [3.05, 3.63) is 111 Å². The zero-order chi connectivity index (χ0) is 25.5. The van der Waals surface area contributed by atoms with Gasteiger partial charge in [-0.15, -0.1) is 0 Å². The highest BCUT2D eigenvalue weighted by Gasteiger charge is 2.14. The van der Waals surface area contributed by atoms with Gasteiger partial charge in [0.2, 0.25) is 0 Å². The Morgan fingerprint density at radius 2 is 1.69 bits per heavy atom. The highest BCUT2D eigenvalue weighted by molar-refractivity contribution is 6.30. The molecule has 0 unspecified atom stereocenters. The highest BCUT2D eigenvalue weighted by atomic mass is 35.5. The number of halogens is 1. The number of carbonyl (C=O) groups is 2. The third-order valence-corrected chi connectivity index (χ3v) is 5.27. The van der Waals surface area contributed by atoms with Crippen LogP contribution in [0.25, 0.3) is 10.8 Å². The summed E-state index contributed by atoms with van der Waals surface area (Å²) in [5, 5.41) is 16.9. The number of nitrogens with one attached hydrogen (secondary N) is 1. The van der Waals surface area contributed by atoms with Crippen molar-refractivity contribution in [2.75, 3.05) is 6.61 Å². The number of esters is 1. The fraction of sp³-hybridized carbons (Fsp3) is 0.0385. The van der Waals surface area contributed by atoms with Crippen LogP contribution in [0.15, 0.2) is 90.0 Å². The summed E-state index contributed by atoms with van der Waals surface area (Å²) in [6.07, 6.45) is 1.39. The third kappa shape index (κ3) is 6.02. The number of hydrogen-bond donors (Lipinski definition) is 1. The monoisotopic (exact) mass is 503 g/mol. The Bertz CT molecular complexity index is 1450. The molecule has 0 aliphatic heterocycles. The van der Waals surface area contributed by atoms with Crippen molar-refractivity contribution in [1.29, 1.82) is 0 Å². The molecule has 0 aliphatic rings. The van der Waals surface area contributed by atoms with Gasteiger partial charge in [-0.2, -0.15) is 5.10 Å². The molecule has 0 spiro atoms. The predicted octanol–water partition coefficient (Wildman–Crippen LogP) is 5.15. The van der Waals surface area contributed by atoms with Crippen LogP contribution in [0.2, 0.25) is 5.02 Å². The van der Waals surface area contributed by atoms with Crippen LogP contribution in [0.4, 0.5) is 5.69 Å². The van der Waals surface area contributed by atoms with E-state index in [0.29, 0.717) is 21.9 Å². The Balaban J connectivity index is 1.47. The van der Waals surface area contributed by atoms with Gasteiger partial charge in [0.1, 0.15) is 11.5 Å². The molecule has 9 nitrogen and oxygen atoms in total. The zero-order valence-electron chi connectivity index (χ0n) is 18.6. The number of nitrogens with zero attached hydrogens (tertiary/aromatic N) is 2. The molecule has 0 aromatic heterocycles. The van der Waals surface area contributed by atoms with Gasteiger partial charge in [-0.3, -0.25) is 14.9 Å². The summed E-state index contributed by atoms with van der Waals surface area (Å²) < 4.78 is 10.9. The van der Waals surface area contributed by atoms with E-state index in [1.807, 2.05) is 30.3 Å². The second-order valence-electron chi connectivity index (χ2n) is 7.43. The molecule has 0 bridgehead atoms. The lowest BCUT2D eigenvalue weighted by Gasteiger charge is -2.11. The van der Waals surface area contributed by atoms with Crippen molar-refractivity contribution in [2.24, 2.45) is 5.10 Å². The quantitative estimate of drug-likeness (QED) is 0.117. The van der Waals surface area contributed by atoms with Gasteiger partial charge in [-0.1, -0.05) is 41.9 Å². The van der Waals surface area contributed by atoms with Crippen LogP contribution in [0.5, 0.6) is 11.5 Å². The fourth-order valence-corrected chi connectivity index (χ4v) is 3.38. The summed E-state index contributed by atoms with van der Waals surface area (Å²) >= 11 is 5.89. The number of nitro benzene ring substituents is 1. The van der Waals surface area contributed by atoms with Crippen LogP contribution in [0.1, 0.15) is 15.9 Å². The maximum Gasteiger partial charge on any atom is 0.343 e. The molecular weight excluding hydrogens is 486 g/mol. The molecule has 180 valence electrons. The topological polar surface area (TPSA) is 120 Å². The molecule has 0 fully saturated rings. The van der Waals surface area contributed by atoms with Crippen molar-refractivity contribution in [3.8, 4) is 11.5 Å². The van der Waals surface area contributed by atoms with E-state index in [9.17, 15) is 19.7 Å². The number of rotatable bonds is 8. The number of fused-ring (bicyclic) bond motifs is 1. The van der Waals surface area contributed by atoms with Gasteiger partial charge in [0, 0.05) is 22.7 Å². The Hall–Kier alpha value is -4.76. The van der Waals surface area contributed by atoms with E-state index in [-0.39, 0.29) is 18.0 Å². The predicted molar refractivity (Wildman–Crippen MR) is 135 cm³/mol. The van der Waals surface area contributed by atoms with E-state index in [2.05, 4.69) is 10.5 Å². The first-order valence-electron chi connectivity index (χ1n) is 10.6. The molecule has 0 saturated carbocycles. The summed E-state index contributed by atoms with van der Waals surface area (Å²) in [5.74, 6) is -0.569. The molecule has 4 aromatic rings. The summed E-state index contributed by atoms with van der Waals surface area (Å²) in [4.78, 5) is 35.0. The van der Waals surface area contributed by atoms with Gasteiger partial charge in [-0.05, 0) is 53.2 Å². The molecule has 10 heteroatoms. The van der Waals surface area contributed by atoms with Gasteiger partial charge < -0.3 is 9.47 Å². The summed E-state index contributed by atoms with van der Waals surface area (Å²) in [6.45, 7) is -0.358. The Morgan fingerprint density at radius 1 is 0.972 bits per heavy atom. The first kappa shape index (κ1) is 24.4. The van der Waals surface area contributed by atoms with Crippen molar-refractivity contribution in [2.45, 2.75) is 0 Å². The second kappa shape index (κ2) is 11.1. The highest BCUT2D eigenvalue weighted by Crippen LogP contribution is 2.27. The van der Waals surface area contributed by atoms with Gasteiger partial charge in [0.05, 0.1) is 16.7 Å². The lowest BCUT2D eigenvalue weighted by Crippen LogP contribution is -2.24. The third-order valence-electron chi connectivity index (χ3n) is 5.01. The van der Waals surface area contributed by atoms with Gasteiger partial charge in [-0.25, -0.2) is 10.2 Å². The van der Waals surface area contributed by atoms with Crippen LogP contribution < -0.4 is 14.9 Å². The molecule has 0 radical (unpaired) electrons. The van der Waals surface area contributed by atoms with E-state index in [0.717, 1.165) is 10.8 Å². The van der Waals surface area contributed by atoms with Crippen molar-refractivity contribution in [1.82, 2.24) is 5.43 Å². The molecule has 0 aliphatic carbocycles. The maximum absolute atomic E-state index is 12.6. The summed E-state index contributed by atoms with van der Waals surface area (Å²) in [6, 6.07) is 22.6. The Labute approximate surface area is 210 Å². The van der Waals surface area contributed by atoms with E-state index in [1.165, 1.54) is 30.5 Å². The molecule has 4 aromatic carbocycles. The second-order valence-corrected chi connectivity index (χ2v) is 7.86. The lowest BCUT2D eigenvalue weighted by molar-refractivity contribution is -0.384. The molecule has 0 heterocycles. The number of hydrazone groups is 1. The van der Waals surface area contributed by atoms with E-state index in [1.54, 1.807) is 30.3 Å². The minimum absolute atomic E-state index is 0.0842. The van der Waals surface area contributed by atoms with Crippen molar-refractivity contribution in [3.63, 3.8) is 0 Å². The van der Waals surface area contributed by atoms with Crippen LogP contribution in [-0.2, 0) is 4.79 Å². The summed E-state index contributed by atoms with van der Waals surface area (Å²) in [5.41, 5.74) is 3.09. The first-order chi connectivity index (χ1) is 17.4. The van der Waals surface area contributed by atoms with Gasteiger partial charge in [0.15, 0.2) is 6.61 Å². The first-order valence-corrected chi connectivity index (χ1v) is 11.0. The molecule has 36 heavy (non-hydrogen) atoms. The van der Waals surface area contributed by atoms with E-state index in [4.69, 9.17) is 21.1 Å². The molecule has 1 amide bonds. The normalized spacial score (nSPS) is 10.8. The molecule has 0 atom stereocenters. The largest absolute Gasteiger partial charge is 0.484 e. The number of hydrogen-bond acceptors (Lipinski definition) is 7. The Kier molecular flexibility index (Phi) is 7.52. The molecular formula is C26H18ClN3O6. The number of carbonyl (C=O) groups excluding carboxylic acids is 2. The number of ether oxygens (including phenoxy) is 2. The average molecular weight is 504 g/mol. The SMILES string of the molecule is O=C(COc1ccc([N+](=O)[O-])cc1)N/N=C\c1c(OC(=O)c2ccc(Cl)cc2)ccc2ccccc12. The van der Waals surface area contributed by atoms with Crippen molar-refractivity contribution < 1.29 is 24.0 Å². The average Bonchev–Trinajstić information content (AvgIpc) is 2.89. The minimum Gasteiger partial charge on any atom is -0.484 e. The smallest absolute Gasteiger partial charge is 0.343 e. The van der Waals surface area contributed by atoms with Gasteiger partial charge in [0.25, 0.3) is 11.6 Å². The number of benzene rings is 4. The minimum atomic E-state index is -0.572. The Morgan fingerprint density at radius 3 is 2.42 bits per heavy atom. The number of amides is 1. The number of nitro groups is 1. The van der Waals surface area contributed by atoms with E-state index >= 15 is 0 Å². The molecule has 0 saturated heterocycles. The summed E-state index contributed by atoms with van der Waals surface area (Å²) in [7, 11) is 0. The van der Waals surface area contributed by atoms with Crippen LogP contribution in [0, 0.1) is 10.1 Å². The van der Waals surface area contributed by atoms with Crippen LogP contribution in [-0.4, -0.2) is 29.6 Å². The molecule has 1 N–H and O–H groups in total. The fourth-order valence-electron chi connectivity index (χ4n) is 3.26.